The van der Waals surface area contributed by atoms with Crippen molar-refractivity contribution in [3.8, 4) is 63.1 Å². The van der Waals surface area contributed by atoms with Crippen molar-refractivity contribution in [1.82, 2.24) is 0 Å². The molecule has 0 saturated carbocycles. The van der Waals surface area contributed by atoms with Crippen molar-refractivity contribution in [3.05, 3.63) is 100 Å². The van der Waals surface area contributed by atoms with Gasteiger partial charge in [0.15, 0.2) is 51.8 Å². The number of phenols is 6. The standard InChI is InChI=1S/C21H20O6.C15H10O7/c1-26-20-11-14(5-9-18(20)24)3-7-16(22)13-17(23)8-4-15-6-10-19(25)21(12-15)27-2;16-7-4-10(19)12-11(5-7)22-15(14(21)13(12)20)6-1-2-8(17)9(18)3-6/h3-12,24-25H,13H2,1-2H3;1-5,16-19,21H/b7-3+,8-4+;. The van der Waals surface area contributed by atoms with Crippen LogP contribution in [0.4, 0.5) is 0 Å². The Labute approximate surface area is 277 Å². The highest BCUT2D eigenvalue weighted by molar-refractivity contribution is 6.10. The minimum atomic E-state index is -0.888. The van der Waals surface area contributed by atoms with Gasteiger partial charge < -0.3 is 49.6 Å². The first-order valence-electron chi connectivity index (χ1n) is 14.2. The molecular formula is C36H30O13. The minimum absolute atomic E-state index is 0.00662. The van der Waals surface area contributed by atoms with Crippen molar-refractivity contribution in [1.29, 1.82) is 0 Å². The van der Waals surface area contributed by atoms with E-state index in [4.69, 9.17) is 13.9 Å². The number of hydrogen-bond donors (Lipinski definition) is 7. The fraction of sp³-hybridized carbons (Fsp3) is 0.0833. The Morgan fingerprint density at radius 2 is 1.18 bits per heavy atom. The van der Waals surface area contributed by atoms with Crippen LogP contribution in [0.5, 0.6) is 51.7 Å². The van der Waals surface area contributed by atoms with Crippen LogP contribution in [0.25, 0.3) is 34.4 Å². The molecule has 0 aliphatic carbocycles. The van der Waals surface area contributed by atoms with Crippen molar-refractivity contribution < 1.29 is 59.2 Å². The Morgan fingerprint density at radius 3 is 1.69 bits per heavy atom. The number of hydrogen-bond acceptors (Lipinski definition) is 13. The molecule has 0 bridgehead atoms. The number of carbonyl (C=O) groups is 2. The number of carbonyl (C=O) groups excluding carboxylic acids is 2. The fourth-order valence-corrected chi connectivity index (χ4v) is 4.40. The molecule has 0 aliphatic heterocycles. The molecule has 5 rings (SSSR count). The van der Waals surface area contributed by atoms with Crippen LogP contribution in [0.2, 0.25) is 0 Å². The van der Waals surface area contributed by atoms with E-state index in [2.05, 4.69) is 0 Å². The SMILES string of the molecule is COc1cc(/C=C/C(=O)CC(=O)/C=C/c2ccc(O)c(OC)c2)ccc1O.O=c1c(O)c(-c2ccc(O)c(O)c2)oc2cc(O)cc(O)c12. The van der Waals surface area contributed by atoms with Gasteiger partial charge in [0.25, 0.3) is 0 Å². The Hall–Kier alpha value is -6.89. The molecule has 1 aromatic heterocycles. The van der Waals surface area contributed by atoms with Crippen LogP contribution in [0, 0.1) is 0 Å². The predicted molar refractivity (Wildman–Crippen MR) is 178 cm³/mol. The summed E-state index contributed by atoms with van der Waals surface area (Å²) in [6.07, 6.45) is 5.44. The summed E-state index contributed by atoms with van der Waals surface area (Å²) in [5.41, 5.74) is 0.438. The zero-order valence-electron chi connectivity index (χ0n) is 25.9. The number of benzene rings is 4. The molecule has 13 nitrogen and oxygen atoms in total. The monoisotopic (exact) mass is 670 g/mol. The normalized spacial score (nSPS) is 11.0. The molecule has 0 spiro atoms. The maximum absolute atomic E-state index is 12.1. The third-order valence-corrected chi connectivity index (χ3v) is 6.85. The molecule has 1 heterocycles. The van der Waals surface area contributed by atoms with E-state index in [1.54, 1.807) is 36.4 Å². The van der Waals surface area contributed by atoms with Crippen LogP contribution >= 0.6 is 0 Å². The molecule has 0 amide bonds. The van der Waals surface area contributed by atoms with Gasteiger partial charge in [-0.05, 0) is 65.7 Å². The summed E-state index contributed by atoms with van der Waals surface area (Å²) >= 11 is 0. The van der Waals surface area contributed by atoms with Gasteiger partial charge in [0.05, 0.1) is 20.6 Å². The van der Waals surface area contributed by atoms with E-state index in [1.165, 1.54) is 44.6 Å². The molecule has 4 aromatic carbocycles. The minimum Gasteiger partial charge on any atom is -0.508 e. The lowest BCUT2D eigenvalue weighted by Gasteiger charge is -2.08. The van der Waals surface area contributed by atoms with Crippen LogP contribution in [-0.4, -0.2) is 61.5 Å². The molecular weight excluding hydrogens is 640 g/mol. The zero-order valence-corrected chi connectivity index (χ0v) is 25.9. The second-order valence-corrected chi connectivity index (χ2v) is 10.3. The third-order valence-electron chi connectivity index (χ3n) is 6.85. The molecule has 5 aromatic rings. The number of allylic oxidation sites excluding steroid dienone is 2. The van der Waals surface area contributed by atoms with Crippen molar-refractivity contribution in [3.63, 3.8) is 0 Å². The van der Waals surface area contributed by atoms with Gasteiger partial charge in [-0.3, -0.25) is 14.4 Å². The van der Waals surface area contributed by atoms with Crippen molar-refractivity contribution in [2.75, 3.05) is 14.2 Å². The van der Waals surface area contributed by atoms with Crippen LogP contribution in [0.15, 0.2) is 88.1 Å². The molecule has 0 fully saturated rings. The largest absolute Gasteiger partial charge is 0.508 e. The number of aromatic hydroxyl groups is 7. The van der Waals surface area contributed by atoms with Crippen LogP contribution in [0.1, 0.15) is 17.5 Å². The van der Waals surface area contributed by atoms with Gasteiger partial charge in [-0.1, -0.05) is 24.3 Å². The summed E-state index contributed by atoms with van der Waals surface area (Å²) in [6, 6.07) is 15.0. The lowest BCUT2D eigenvalue weighted by atomic mass is 10.1. The molecule has 49 heavy (non-hydrogen) atoms. The molecule has 252 valence electrons. The van der Waals surface area contributed by atoms with E-state index in [0.717, 1.165) is 24.3 Å². The number of rotatable bonds is 9. The molecule has 0 atom stereocenters. The highest BCUT2D eigenvalue weighted by atomic mass is 16.5. The quantitative estimate of drug-likeness (QED) is 0.0597. The predicted octanol–water partition coefficient (Wildman–Crippen LogP) is 5.36. The fourth-order valence-electron chi connectivity index (χ4n) is 4.40. The highest BCUT2D eigenvalue weighted by Gasteiger charge is 2.19. The molecule has 0 aliphatic rings. The van der Waals surface area contributed by atoms with Gasteiger partial charge in [0.1, 0.15) is 22.5 Å². The number of ether oxygens (including phenoxy) is 2. The second-order valence-electron chi connectivity index (χ2n) is 10.3. The summed E-state index contributed by atoms with van der Waals surface area (Å²) in [5.74, 6) is -2.80. The summed E-state index contributed by atoms with van der Waals surface area (Å²) in [6.45, 7) is 0. The Balaban J connectivity index is 0.000000225. The lowest BCUT2D eigenvalue weighted by molar-refractivity contribution is -0.121. The van der Waals surface area contributed by atoms with Gasteiger partial charge in [0, 0.05) is 17.7 Å². The lowest BCUT2D eigenvalue weighted by Crippen LogP contribution is -2.02. The van der Waals surface area contributed by atoms with Gasteiger partial charge >= 0.3 is 0 Å². The van der Waals surface area contributed by atoms with E-state index in [0.29, 0.717) is 22.6 Å². The van der Waals surface area contributed by atoms with E-state index in [-0.39, 0.29) is 63.3 Å². The van der Waals surface area contributed by atoms with Crippen molar-refractivity contribution in [2.24, 2.45) is 0 Å². The summed E-state index contributed by atoms with van der Waals surface area (Å²) in [4.78, 5) is 36.0. The topological polar surface area (TPSA) is 224 Å². The first-order valence-corrected chi connectivity index (χ1v) is 14.2. The summed E-state index contributed by atoms with van der Waals surface area (Å²) < 4.78 is 15.3. The van der Waals surface area contributed by atoms with E-state index in [9.17, 15) is 50.1 Å². The Kier molecular flexibility index (Phi) is 10.8. The van der Waals surface area contributed by atoms with Crippen LogP contribution in [-0.2, 0) is 9.59 Å². The van der Waals surface area contributed by atoms with E-state index >= 15 is 0 Å². The molecule has 7 N–H and O–H groups in total. The Morgan fingerprint density at radius 1 is 0.653 bits per heavy atom. The first kappa shape index (κ1) is 35.0. The van der Waals surface area contributed by atoms with E-state index < -0.39 is 22.7 Å². The summed E-state index contributed by atoms with van der Waals surface area (Å²) in [5, 5.41) is 66.7. The second kappa shape index (κ2) is 15.1. The Bertz CT molecular complexity index is 2090. The van der Waals surface area contributed by atoms with Crippen molar-refractivity contribution in [2.45, 2.75) is 6.42 Å². The summed E-state index contributed by atoms with van der Waals surface area (Å²) in [7, 11) is 2.87. The average Bonchev–Trinajstić information content (AvgIpc) is 3.06. The maximum atomic E-state index is 12.1. The number of ketones is 2. The van der Waals surface area contributed by atoms with Gasteiger partial charge in [-0.15, -0.1) is 0 Å². The molecule has 0 saturated heterocycles. The zero-order chi connectivity index (χ0) is 35.8. The van der Waals surface area contributed by atoms with Gasteiger partial charge in [-0.25, -0.2) is 0 Å². The molecule has 0 unspecified atom stereocenters. The number of phenolic OH excluding ortho intramolecular Hbond substituents is 6. The van der Waals surface area contributed by atoms with Crippen LogP contribution < -0.4 is 14.9 Å². The van der Waals surface area contributed by atoms with Crippen molar-refractivity contribution >= 4 is 34.7 Å². The smallest absolute Gasteiger partial charge is 0.238 e. The van der Waals surface area contributed by atoms with Crippen LogP contribution in [0.3, 0.4) is 0 Å². The highest BCUT2D eigenvalue weighted by Crippen LogP contribution is 2.37. The number of fused-ring (bicyclic) bond motifs is 1. The van der Waals surface area contributed by atoms with Gasteiger partial charge in [-0.2, -0.15) is 0 Å². The van der Waals surface area contributed by atoms with Gasteiger partial charge in [0.2, 0.25) is 11.2 Å². The molecule has 0 radical (unpaired) electrons. The average molecular weight is 671 g/mol. The third kappa shape index (κ3) is 8.48. The first-order chi connectivity index (χ1) is 23.3. The maximum Gasteiger partial charge on any atom is 0.238 e. The number of methoxy groups -OCH3 is 2. The molecule has 13 heteroatoms. The van der Waals surface area contributed by atoms with E-state index in [1.807, 2.05) is 0 Å².